The van der Waals surface area contributed by atoms with Gasteiger partial charge in [-0.05, 0) is 49.7 Å². The molecule has 0 saturated heterocycles. The molecular weight excluding hydrogens is 400 g/mol. The van der Waals surface area contributed by atoms with Crippen LogP contribution >= 0.6 is 0 Å². The van der Waals surface area contributed by atoms with E-state index in [4.69, 9.17) is 9.16 Å². The maximum absolute atomic E-state index is 13.3. The van der Waals surface area contributed by atoms with Gasteiger partial charge in [0.25, 0.3) is 0 Å². The van der Waals surface area contributed by atoms with E-state index in [2.05, 4.69) is 40.8 Å². The minimum Gasteiger partial charge on any atom is -0.414 e. The fourth-order valence-electron chi connectivity index (χ4n) is 3.11. The molecule has 0 fully saturated rings. The van der Waals surface area contributed by atoms with Gasteiger partial charge in [0.1, 0.15) is 0 Å². The van der Waals surface area contributed by atoms with Gasteiger partial charge in [-0.15, -0.1) is 0 Å². The average Bonchev–Trinajstić information content (AvgIpc) is 3.04. The van der Waals surface area contributed by atoms with E-state index in [1.165, 1.54) is 0 Å². The van der Waals surface area contributed by atoms with E-state index in [0.717, 1.165) is 31.2 Å². The zero-order valence-corrected chi connectivity index (χ0v) is 20.9. The summed E-state index contributed by atoms with van der Waals surface area (Å²) < 4.78 is 39.1. The van der Waals surface area contributed by atoms with Gasteiger partial charge in [-0.1, -0.05) is 64.7 Å². The molecule has 1 aliphatic heterocycles. The summed E-state index contributed by atoms with van der Waals surface area (Å²) in [6.45, 7) is 15.5. The van der Waals surface area contributed by atoms with Crippen LogP contribution < -0.4 is 0 Å². The van der Waals surface area contributed by atoms with Gasteiger partial charge in [-0.2, -0.15) is 0 Å². The minimum atomic E-state index is -3.56. The van der Waals surface area contributed by atoms with Crippen molar-refractivity contribution in [2.45, 2.75) is 95.5 Å². The van der Waals surface area contributed by atoms with Crippen LogP contribution in [0.15, 0.2) is 40.1 Å². The highest BCUT2D eigenvalue weighted by Crippen LogP contribution is 2.38. The zero-order chi connectivity index (χ0) is 21.9. The van der Waals surface area contributed by atoms with Crippen LogP contribution in [0.2, 0.25) is 18.1 Å². The second-order valence-electron chi connectivity index (χ2n) is 9.62. The van der Waals surface area contributed by atoms with Crippen molar-refractivity contribution in [2.75, 3.05) is 6.61 Å². The van der Waals surface area contributed by atoms with Crippen molar-refractivity contribution in [3.05, 3.63) is 40.8 Å². The largest absolute Gasteiger partial charge is 0.414 e. The summed E-state index contributed by atoms with van der Waals surface area (Å²) in [5, 5.41) is 0.104. The summed E-state index contributed by atoms with van der Waals surface area (Å²) in [7, 11) is -5.49. The number of hydrogen-bond donors (Lipinski definition) is 0. The molecule has 0 bridgehead atoms. The molecule has 1 aliphatic rings. The van der Waals surface area contributed by atoms with Crippen LogP contribution in [-0.2, 0) is 19.0 Å². The van der Waals surface area contributed by atoms with Gasteiger partial charge in [0.05, 0.1) is 28.6 Å². The third-order valence-corrected chi connectivity index (χ3v) is 12.5. The number of hydrogen-bond acceptors (Lipinski definition) is 4. The second kappa shape index (κ2) is 9.46. The molecule has 2 rings (SSSR count). The van der Waals surface area contributed by atoms with Crippen molar-refractivity contribution in [1.29, 1.82) is 0 Å². The molecule has 2 atom stereocenters. The fourth-order valence-corrected chi connectivity index (χ4v) is 5.74. The van der Waals surface area contributed by atoms with E-state index in [9.17, 15) is 8.42 Å². The molecule has 0 spiro atoms. The highest BCUT2D eigenvalue weighted by Gasteiger charge is 2.40. The Morgan fingerprint density at radius 3 is 2.28 bits per heavy atom. The topological polar surface area (TPSA) is 52.6 Å². The van der Waals surface area contributed by atoms with Gasteiger partial charge in [0.15, 0.2) is 8.32 Å². The first-order valence-corrected chi connectivity index (χ1v) is 15.1. The van der Waals surface area contributed by atoms with Gasteiger partial charge in [0, 0.05) is 0 Å². The first-order chi connectivity index (χ1) is 13.4. The van der Waals surface area contributed by atoms with Crippen molar-refractivity contribution in [3.8, 4) is 0 Å². The molecular formula is C23H38O4SSi. The molecule has 4 nitrogen and oxygen atoms in total. The third-order valence-electron chi connectivity index (χ3n) is 6.13. The highest BCUT2D eigenvalue weighted by atomic mass is 32.2. The summed E-state index contributed by atoms with van der Waals surface area (Å²) >= 11 is 0. The molecule has 1 aromatic rings. The normalized spacial score (nSPS) is 20.7. The maximum Gasteiger partial charge on any atom is 0.205 e. The van der Waals surface area contributed by atoms with E-state index < -0.39 is 18.2 Å². The van der Waals surface area contributed by atoms with Crippen molar-refractivity contribution < 1.29 is 17.6 Å². The van der Waals surface area contributed by atoms with Crippen molar-refractivity contribution >= 4 is 18.2 Å². The van der Waals surface area contributed by atoms with Crippen LogP contribution in [0, 0.1) is 6.92 Å². The molecule has 0 aromatic heterocycles. The van der Waals surface area contributed by atoms with Crippen LogP contribution in [0.5, 0.6) is 0 Å². The SMILES string of the molecule is CCCCC[C@@H]1O[C@H](CO[Si](C)(C)C(C)(C)C)C=C1S(=O)(=O)c1ccc(C)cc1. The van der Waals surface area contributed by atoms with E-state index in [-0.39, 0.29) is 17.2 Å². The summed E-state index contributed by atoms with van der Waals surface area (Å²) in [6, 6.07) is 7.06. The number of rotatable bonds is 9. The molecule has 0 saturated carbocycles. The predicted molar refractivity (Wildman–Crippen MR) is 122 cm³/mol. The molecule has 1 heterocycles. The average molecular weight is 439 g/mol. The molecule has 6 heteroatoms. The van der Waals surface area contributed by atoms with Crippen LogP contribution in [0.25, 0.3) is 0 Å². The first kappa shape index (κ1) is 24.3. The van der Waals surface area contributed by atoms with E-state index in [1.807, 2.05) is 19.1 Å². The van der Waals surface area contributed by atoms with Gasteiger partial charge in [-0.3, -0.25) is 0 Å². The van der Waals surface area contributed by atoms with Gasteiger partial charge in [0.2, 0.25) is 9.84 Å². The summed E-state index contributed by atoms with van der Waals surface area (Å²) in [5.74, 6) is 0. The summed E-state index contributed by atoms with van der Waals surface area (Å²) in [5.41, 5.74) is 1.04. The Morgan fingerprint density at radius 2 is 1.72 bits per heavy atom. The van der Waals surface area contributed by atoms with E-state index in [1.54, 1.807) is 18.2 Å². The van der Waals surface area contributed by atoms with Crippen LogP contribution in [-0.4, -0.2) is 35.6 Å². The molecule has 0 aliphatic carbocycles. The Morgan fingerprint density at radius 1 is 1.10 bits per heavy atom. The lowest BCUT2D eigenvalue weighted by Gasteiger charge is -2.36. The Labute approximate surface area is 178 Å². The standard InChI is InChI=1S/C23H38O4SSi/c1-8-9-10-11-21-22(28(24,25)20-14-12-18(2)13-15-20)16-19(27-21)17-26-29(6,7)23(3,4)5/h12-16,19,21H,8-11,17H2,1-7H3/t19-,21-/m0/s1. The lowest BCUT2D eigenvalue weighted by molar-refractivity contribution is 0.0231. The van der Waals surface area contributed by atoms with Crippen LogP contribution in [0.4, 0.5) is 0 Å². The number of aryl methyl sites for hydroxylation is 1. The van der Waals surface area contributed by atoms with Gasteiger partial charge >= 0.3 is 0 Å². The first-order valence-electron chi connectivity index (χ1n) is 10.7. The number of unbranched alkanes of at least 4 members (excludes halogenated alkanes) is 2. The van der Waals surface area contributed by atoms with Crippen molar-refractivity contribution in [1.82, 2.24) is 0 Å². The zero-order valence-electron chi connectivity index (χ0n) is 19.1. The second-order valence-corrected chi connectivity index (χ2v) is 16.4. The van der Waals surface area contributed by atoms with Gasteiger partial charge in [-0.25, -0.2) is 8.42 Å². The molecule has 0 N–H and O–H groups in total. The molecule has 29 heavy (non-hydrogen) atoms. The third kappa shape index (κ3) is 6.03. The number of sulfone groups is 1. The monoisotopic (exact) mass is 438 g/mol. The Hall–Kier alpha value is -0.953. The van der Waals surface area contributed by atoms with Crippen LogP contribution in [0.1, 0.15) is 58.9 Å². The Balaban J connectivity index is 2.24. The lowest BCUT2D eigenvalue weighted by atomic mass is 10.1. The quantitative estimate of drug-likeness (QED) is 0.349. The van der Waals surface area contributed by atoms with Crippen molar-refractivity contribution in [3.63, 3.8) is 0 Å². The lowest BCUT2D eigenvalue weighted by Crippen LogP contribution is -2.42. The van der Waals surface area contributed by atoms with E-state index >= 15 is 0 Å². The minimum absolute atomic E-state index is 0.104. The Kier molecular flexibility index (Phi) is 7.93. The fraction of sp³-hybridized carbons (Fsp3) is 0.652. The van der Waals surface area contributed by atoms with Crippen LogP contribution in [0.3, 0.4) is 0 Å². The molecule has 0 amide bonds. The molecule has 0 unspecified atom stereocenters. The van der Waals surface area contributed by atoms with Crippen molar-refractivity contribution in [2.24, 2.45) is 0 Å². The smallest absolute Gasteiger partial charge is 0.205 e. The Bertz CT molecular complexity index is 804. The van der Waals surface area contributed by atoms with Gasteiger partial charge < -0.3 is 9.16 Å². The number of ether oxygens (including phenoxy) is 1. The molecule has 0 radical (unpaired) electrons. The molecule has 164 valence electrons. The number of benzene rings is 1. The summed E-state index contributed by atoms with van der Waals surface area (Å²) in [4.78, 5) is 0.741. The highest BCUT2D eigenvalue weighted by molar-refractivity contribution is 7.95. The predicted octanol–water partition coefficient (Wildman–Crippen LogP) is 6.02. The maximum atomic E-state index is 13.3. The summed E-state index contributed by atoms with van der Waals surface area (Å²) in [6.07, 6.45) is 4.93. The van der Waals surface area contributed by atoms with E-state index in [0.29, 0.717) is 16.4 Å². The molecule has 1 aromatic carbocycles.